The summed E-state index contributed by atoms with van der Waals surface area (Å²) < 4.78 is 5.53. The second-order valence-corrected chi connectivity index (χ2v) is 6.54. The van der Waals surface area contributed by atoms with Crippen LogP contribution in [0.1, 0.15) is 36.2 Å². The number of rotatable bonds is 6. The smallest absolute Gasteiger partial charge is 0.257 e. The summed E-state index contributed by atoms with van der Waals surface area (Å²) in [6.45, 7) is 3.86. The number of aryl methyl sites for hydroxylation is 1. The van der Waals surface area contributed by atoms with Crippen molar-refractivity contribution >= 4 is 29.1 Å². The van der Waals surface area contributed by atoms with E-state index in [1.165, 1.54) is 0 Å². The van der Waals surface area contributed by atoms with Crippen LogP contribution in [0.2, 0.25) is 0 Å². The van der Waals surface area contributed by atoms with Crippen molar-refractivity contribution in [2.24, 2.45) is 0 Å². The number of carbonyl (C=O) groups excluding carboxylic acids is 2. The Bertz CT molecular complexity index is 777. The van der Waals surface area contributed by atoms with Crippen LogP contribution in [0.15, 0.2) is 54.6 Å². The first-order chi connectivity index (χ1) is 12.9. The van der Waals surface area contributed by atoms with Crippen LogP contribution in [0.3, 0.4) is 0 Å². The van der Waals surface area contributed by atoms with Crippen LogP contribution in [-0.4, -0.2) is 23.0 Å². The molecule has 0 atom stereocenters. The molecule has 0 aliphatic heterocycles. The molecule has 0 aliphatic carbocycles. The zero-order chi connectivity index (χ0) is 19.6. The highest BCUT2D eigenvalue weighted by atomic mass is 32.1. The second kappa shape index (κ2) is 10.3. The summed E-state index contributed by atoms with van der Waals surface area (Å²) in [7, 11) is 0. The van der Waals surface area contributed by atoms with Gasteiger partial charge < -0.3 is 4.74 Å². The first-order valence-corrected chi connectivity index (χ1v) is 9.05. The van der Waals surface area contributed by atoms with E-state index in [1.807, 2.05) is 44.2 Å². The summed E-state index contributed by atoms with van der Waals surface area (Å²) in [4.78, 5) is 24.0. The van der Waals surface area contributed by atoms with Gasteiger partial charge in [0.2, 0.25) is 5.91 Å². The monoisotopic (exact) mass is 385 g/mol. The molecule has 2 aromatic rings. The minimum absolute atomic E-state index is 0.0237. The number of hydrogen-bond donors (Lipinski definition) is 3. The van der Waals surface area contributed by atoms with E-state index >= 15 is 0 Å². The van der Waals surface area contributed by atoms with Crippen molar-refractivity contribution in [2.45, 2.75) is 32.8 Å². The fourth-order valence-electron chi connectivity index (χ4n) is 2.26. The maximum Gasteiger partial charge on any atom is 0.257 e. The average molecular weight is 385 g/mol. The Morgan fingerprint density at radius 2 is 1.67 bits per heavy atom. The lowest BCUT2D eigenvalue weighted by atomic mass is 10.1. The van der Waals surface area contributed by atoms with Crippen LogP contribution >= 0.6 is 12.2 Å². The normalized spacial score (nSPS) is 10.2. The molecule has 0 saturated carbocycles. The molecule has 0 radical (unpaired) electrons. The molecule has 2 aromatic carbocycles. The largest absolute Gasteiger partial charge is 0.491 e. The van der Waals surface area contributed by atoms with Gasteiger partial charge in [0.15, 0.2) is 5.11 Å². The molecule has 0 aromatic heterocycles. The fourth-order valence-corrected chi connectivity index (χ4v) is 2.40. The molecule has 0 bridgehead atoms. The highest BCUT2D eigenvalue weighted by Gasteiger charge is 2.09. The first kappa shape index (κ1) is 20.4. The van der Waals surface area contributed by atoms with Crippen molar-refractivity contribution in [3.05, 3.63) is 65.7 Å². The Morgan fingerprint density at radius 3 is 2.30 bits per heavy atom. The Balaban J connectivity index is 1.72. The quantitative estimate of drug-likeness (QED) is 0.526. The van der Waals surface area contributed by atoms with Crippen LogP contribution in [0.25, 0.3) is 0 Å². The predicted octanol–water partition coefficient (Wildman–Crippen LogP) is 2.74. The molecule has 0 aliphatic rings. The maximum absolute atomic E-state index is 12.2. The Morgan fingerprint density at radius 1 is 1.00 bits per heavy atom. The van der Waals surface area contributed by atoms with E-state index in [4.69, 9.17) is 17.0 Å². The molecule has 2 rings (SSSR count). The molecule has 27 heavy (non-hydrogen) atoms. The third-order valence-corrected chi connectivity index (χ3v) is 3.72. The molecule has 0 heterocycles. The van der Waals surface area contributed by atoms with Crippen LogP contribution in [0.4, 0.5) is 0 Å². The predicted molar refractivity (Wildman–Crippen MR) is 108 cm³/mol. The number of ether oxygens (including phenoxy) is 1. The molecule has 0 saturated heterocycles. The fraction of sp³-hybridized carbons (Fsp3) is 0.250. The third-order valence-electron chi connectivity index (χ3n) is 3.51. The first-order valence-electron chi connectivity index (χ1n) is 8.65. The van der Waals surface area contributed by atoms with Crippen molar-refractivity contribution < 1.29 is 14.3 Å². The van der Waals surface area contributed by atoms with Gasteiger partial charge in [-0.15, -0.1) is 0 Å². The Labute approximate surface area is 164 Å². The summed E-state index contributed by atoms with van der Waals surface area (Å²) in [6, 6.07) is 16.4. The lowest BCUT2D eigenvalue weighted by molar-refractivity contribution is -0.121. The zero-order valence-electron chi connectivity index (χ0n) is 15.3. The standard InChI is InChI=1S/C20H23N3O3S/c1-14(2)26-17-11-9-16(10-12-17)19(25)21-20(27)23-22-18(24)13-8-15-6-4-3-5-7-15/h3-7,9-12,14H,8,13H2,1-2H3,(H,22,24)(H2,21,23,25,27). The van der Waals surface area contributed by atoms with E-state index < -0.39 is 0 Å². The molecule has 0 unspecified atom stereocenters. The summed E-state index contributed by atoms with van der Waals surface area (Å²) in [5.74, 6) is 0.0979. The highest BCUT2D eigenvalue weighted by Crippen LogP contribution is 2.13. The Kier molecular flexibility index (Phi) is 7.76. The molecule has 0 fully saturated rings. The lowest BCUT2D eigenvalue weighted by Gasteiger charge is -2.12. The number of amides is 2. The van der Waals surface area contributed by atoms with Crippen molar-refractivity contribution in [1.82, 2.24) is 16.2 Å². The van der Waals surface area contributed by atoms with Gasteiger partial charge >= 0.3 is 0 Å². The van der Waals surface area contributed by atoms with E-state index in [1.54, 1.807) is 24.3 Å². The SMILES string of the molecule is CC(C)Oc1ccc(C(=O)NC(=S)NNC(=O)CCc2ccccc2)cc1. The minimum atomic E-state index is -0.373. The second-order valence-electron chi connectivity index (χ2n) is 6.13. The number of nitrogens with one attached hydrogen (secondary N) is 3. The van der Waals surface area contributed by atoms with Gasteiger partial charge in [0.25, 0.3) is 5.91 Å². The van der Waals surface area contributed by atoms with E-state index in [-0.39, 0.29) is 23.0 Å². The van der Waals surface area contributed by atoms with Crippen molar-refractivity contribution in [2.75, 3.05) is 0 Å². The summed E-state index contributed by atoms with van der Waals surface area (Å²) in [5, 5.41) is 2.54. The van der Waals surface area contributed by atoms with Crippen LogP contribution in [0, 0.1) is 0 Å². The number of hydrogen-bond acceptors (Lipinski definition) is 4. The molecule has 3 N–H and O–H groups in total. The van der Waals surface area contributed by atoms with E-state index in [0.29, 0.717) is 24.2 Å². The Hall–Kier alpha value is -2.93. The number of thiocarbonyl (C=S) groups is 1. The summed E-state index contributed by atoms with van der Waals surface area (Å²) in [5.41, 5.74) is 6.52. The summed E-state index contributed by atoms with van der Waals surface area (Å²) in [6.07, 6.45) is 0.996. The zero-order valence-corrected chi connectivity index (χ0v) is 16.1. The molecule has 7 heteroatoms. The van der Waals surface area contributed by atoms with E-state index in [2.05, 4.69) is 16.2 Å². The van der Waals surface area contributed by atoms with Gasteiger partial charge in [0.1, 0.15) is 5.75 Å². The van der Waals surface area contributed by atoms with Crippen LogP contribution in [-0.2, 0) is 11.2 Å². The van der Waals surface area contributed by atoms with Gasteiger partial charge in [-0.2, -0.15) is 0 Å². The highest BCUT2D eigenvalue weighted by molar-refractivity contribution is 7.80. The van der Waals surface area contributed by atoms with Crippen LogP contribution < -0.4 is 20.9 Å². The van der Waals surface area contributed by atoms with Crippen molar-refractivity contribution in [1.29, 1.82) is 0 Å². The van der Waals surface area contributed by atoms with Gasteiger partial charge in [-0.25, -0.2) is 0 Å². The van der Waals surface area contributed by atoms with Crippen molar-refractivity contribution in [3.8, 4) is 5.75 Å². The number of benzene rings is 2. The van der Waals surface area contributed by atoms with Crippen molar-refractivity contribution in [3.63, 3.8) is 0 Å². The maximum atomic E-state index is 12.2. The topological polar surface area (TPSA) is 79.5 Å². The molecule has 2 amide bonds. The summed E-state index contributed by atoms with van der Waals surface area (Å²) >= 11 is 5.03. The molecular weight excluding hydrogens is 362 g/mol. The molecular formula is C20H23N3O3S. The molecule has 142 valence electrons. The molecule has 6 nitrogen and oxygen atoms in total. The van der Waals surface area contributed by atoms with Gasteiger partial charge in [-0.3, -0.25) is 25.8 Å². The van der Waals surface area contributed by atoms with E-state index in [0.717, 1.165) is 5.56 Å². The van der Waals surface area contributed by atoms with Gasteiger partial charge in [-0.1, -0.05) is 30.3 Å². The van der Waals surface area contributed by atoms with Crippen LogP contribution in [0.5, 0.6) is 5.75 Å². The number of carbonyl (C=O) groups is 2. The minimum Gasteiger partial charge on any atom is -0.491 e. The van der Waals surface area contributed by atoms with Gasteiger partial charge in [-0.05, 0) is 62.3 Å². The lowest BCUT2D eigenvalue weighted by Crippen LogP contribution is -2.48. The average Bonchev–Trinajstić information content (AvgIpc) is 2.65. The van der Waals surface area contributed by atoms with E-state index in [9.17, 15) is 9.59 Å². The van der Waals surface area contributed by atoms with Gasteiger partial charge in [0, 0.05) is 12.0 Å². The number of hydrazine groups is 1. The molecule has 0 spiro atoms. The third kappa shape index (κ3) is 7.45. The van der Waals surface area contributed by atoms with Gasteiger partial charge in [0.05, 0.1) is 6.10 Å².